The Labute approximate surface area is 157 Å². The zero-order valence-electron chi connectivity index (χ0n) is 15.5. The molecule has 0 aromatic carbocycles. The summed E-state index contributed by atoms with van der Waals surface area (Å²) >= 11 is 0. The van der Waals surface area contributed by atoms with E-state index >= 15 is 0 Å². The topological polar surface area (TPSA) is 91.4 Å². The predicted molar refractivity (Wildman–Crippen MR) is 92.3 cm³/mol. The standard InChI is InChI=1S/C20H22O7/c1-9(2)5-14(21)25-13-7-11-6-12(24-19(11)23)8-20(4)17(27-20)16-15(13)10(3)18(22)26-16/h5-6,12-13,15-17H,3,7-8H2,1-2,4H3/t12-,13-,15-,16+,17-,20+/m1/s1. The lowest BCUT2D eigenvalue weighted by Gasteiger charge is -2.26. The quantitative estimate of drug-likeness (QED) is 0.315. The lowest BCUT2D eigenvalue weighted by Crippen LogP contribution is -2.38. The molecule has 0 spiro atoms. The van der Waals surface area contributed by atoms with Crippen molar-refractivity contribution in [3.63, 3.8) is 0 Å². The average Bonchev–Trinajstić information content (AvgIpc) is 2.95. The molecule has 27 heavy (non-hydrogen) atoms. The van der Waals surface area contributed by atoms with Crippen molar-refractivity contribution in [1.29, 1.82) is 0 Å². The van der Waals surface area contributed by atoms with Crippen molar-refractivity contribution in [1.82, 2.24) is 0 Å². The third-order valence-corrected chi connectivity index (χ3v) is 5.51. The van der Waals surface area contributed by atoms with Gasteiger partial charge < -0.3 is 18.9 Å². The number of carbonyl (C=O) groups excluding carboxylic acids is 3. The maximum absolute atomic E-state index is 12.3. The fraction of sp³-hybridized carbons (Fsp3) is 0.550. The second-order valence-corrected chi connectivity index (χ2v) is 8.01. The van der Waals surface area contributed by atoms with E-state index < -0.39 is 47.7 Å². The number of fused-ring (bicyclic) bond motifs is 4. The highest BCUT2D eigenvalue weighted by Crippen LogP contribution is 2.51. The van der Waals surface area contributed by atoms with Crippen LogP contribution in [-0.4, -0.2) is 47.9 Å². The summed E-state index contributed by atoms with van der Waals surface area (Å²) in [4.78, 5) is 36.7. The van der Waals surface area contributed by atoms with Gasteiger partial charge in [-0.05, 0) is 26.8 Å². The van der Waals surface area contributed by atoms with E-state index in [1.54, 1.807) is 19.9 Å². The Morgan fingerprint density at radius 2 is 2.04 bits per heavy atom. The molecular weight excluding hydrogens is 352 g/mol. The Balaban J connectivity index is 1.71. The number of allylic oxidation sites excluding steroid dienone is 1. The fourth-order valence-corrected chi connectivity index (χ4v) is 4.20. The van der Waals surface area contributed by atoms with Crippen molar-refractivity contribution in [3.05, 3.63) is 35.5 Å². The molecule has 4 rings (SSSR count). The van der Waals surface area contributed by atoms with Crippen LogP contribution in [0.5, 0.6) is 0 Å². The minimum Gasteiger partial charge on any atom is -0.458 e. The summed E-state index contributed by atoms with van der Waals surface area (Å²) in [7, 11) is 0. The van der Waals surface area contributed by atoms with E-state index in [-0.39, 0.29) is 18.1 Å². The van der Waals surface area contributed by atoms with Crippen LogP contribution >= 0.6 is 0 Å². The summed E-state index contributed by atoms with van der Waals surface area (Å²) in [5.74, 6) is -2.07. The van der Waals surface area contributed by atoms with E-state index in [9.17, 15) is 14.4 Å². The van der Waals surface area contributed by atoms with Gasteiger partial charge in [0.2, 0.25) is 0 Å². The molecule has 3 aliphatic heterocycles. The van der Waals surface area contributed by atoms with Crippen molar-refractivity contribution in [2.45, 2.75) is 63.6 Å². The third-order valence-electron chi connectivity index (χ3n) is 5.51. The Morgan fingerprint density at radius 1 is 1.30 bits per heavy atom. The first-order valence-corrected chi connectivity index (χ1v) is 9.03. The van der Waals surface area contributed by atoms with Crippen molar-refractivity contribution >= 4 is 17.9 Å². The molecule has 0 amide bonds. The van der Waals surface area contributed by atoms with Gasteiger partial charge in [0, 0.05) is 30.1 Å². The zero-order valence-corrected chi connectivity index (χ0v) is 15.5. The van der Waals surface area contributed by atoms with E-state index in [2.05, 4.69) is 6.58 Å². The van der Waals surface area contributed by atoms with E-state index in [1.807, 2.05) is 6.92 Å². The van der Waals surface area contributed by atoms with Gasteiger partial charge in [0.1, 0.15) is 24.4 Å². The Hall–Kier alpha value is -2.41. The van der Waals surface area contributed by atoms with Crippen LogP contribution in [-0.2, 0) is 33.3 Å². The second kappa shape index (κ2) is 6.05. The maximum Gasteiger partial charge on any atom is 0.334 e. The molecule has 3 heterocycles. The number of esters is 3. The maximum atomic E-state index is 12.3. The fourth-order valence-electron chi connectivity index (χ4n) is 4.20. The van der Waals surface area contributed by atoms with Gasteiger partial charge in [0.05, 0.1) is 11.5 Å². The highest BCUT2D eigenvalue weighted by atomic mass is 16.7. The molecule has 7 heteroatoms. The van der Waals surface area contributed by atoms with Crippen molar-refractivity contribution in [2.75, 3.05) is 0 Å². The van der Waals surface area contributed by atoms with Crippen LogP contribution in [0.15, 0.2) is 35.5 Å². The normalized spacial score (nSPS) is 39.4. The molecule has 7 nitrogen and oxygen atoms in total. The minimum atomic E-state index is -0.777. The van der Waals surface area contributed by atoms with Crippen LogP contribution < -0.4 is 0 Å². The highest BCUT2D eigenvalue weighted by molar-refractivity contribution is 5.93. The molecule has 0 aromatic heterocycles. The number of hydrogen-bond donors (Lipinski definition) is 0. The summed E-state index contributed by atoms with van der Waals surface area (Å²) in [6.07, 6.45) is 1.62. The summed E-state index contributed by atoms with van der Waals surface area (Å²) in [5.41, 5.74) is 0.878. The molecule has 144 valence electrons. The van der Waals surface area contributed by atoms with Crippen molar-refractivity contribution in [3.8, 4) is 0 Å². The molecule has 0 aromatic rings. The molecule has 2 fully saturated rings. The molecule has 6 atom stereocenters. The first kappa shape index (κ1) is 18.0. The van der Waals surface area contributed by atoms with E-state index in [0.29, 0.717) is 12.0 Å². The SMILES string of the molecule is C=C1C(=O)O[C@H]2[C@H]1[C@H](OC(=O)C=C(C)C)CC1=C[C@H](C[C@]3(C)O[C@H]23)OC1=O. The van der Waals surface area contributed by atoms with Gasteiger partial charge in [-0.25, -0.2) is 14.4 Å². The van der Waals surface area contributed by atoms with Gasteiger partial charge in [-0.2, -0.15) is 0 Å². The number of ether oxygens (including phenoxy) is 4. The van der Waals surface area contributed by atoms with Crippen LogP contribution in [0.1, 0.15) is 33.6 Å². The lowest BCUT2D eigenvalue weighted by molar-refractivity contribution is -0.149. The summed E-state index contributed by atoms with van der Waals surface area (Å²) in [5, 5.41) is 0. The first-order chi connectivity index (χ1) is 12.7. The zero-order chi connectivity index (χ0) is 19.5. The molecule has 2 saturated heterocycles. The van der Waals surface area contributed by atoms with E-state index in [1.165, 1.54) is 6.08 Å². The third kappa shape index (κ3) is 3.10. The number of epoxide rings is 1. The largest absolute Gasteiger partial charge is 0.458 e. The molecule has 4 aliphatic rings. The van der Waals surface area contributed by atoms with Crippen LogP contribution in [0, 0.1) is 5.92 Å². The van der Waals surface area contributed by atoms with Gasteiger partial charge >= 0.3 is 17.9 Å². The lowest BCUT2D eigenvalue weighted by atomic mass is 9.82. The van der Waals surface area contributed by atoms with Gasteiger partial charge in [-0.1, -0.05) is 12.2 Å². The number of carbonyl (C=O) groups is 3. The Morgan fingerprint density at radius 3 is 2.74 bits per heavy atom. The average molecular weight is 374 g/mol. The Bertz CT molecular complexity index is 803. The van der Waals surface area contributed by atoms with Crippen molar-refractivity contribution < 1.29 is 33.3 Å². The van der Waals surface area contributed by atoms with E-state index in [0.717, 1.165) is 5.57 Å². The minimum absolute atomic E-state index is 0.137. The van der Waals surface area contributed by atoms with Gasteiger partial charge in [0.15, 0.2) is 0 Å². The van der Waals surface area contributed by atoms with Gasteiger partial charge in [0.25, 0.3) is 0 Å². The van der Waals surface area contributed by atoms with Crippen LogP contribution in [0.25, 0.3) is 0 Å². The monoisotopic (exact) mass is 374 g/mol. The smallest absolute Gasteiger partial charge is 0.334 e. The Kier molecular flexibility index (Phi) is 4.03. The van der Waals surface area contributed by atoms with Gasteiger partial charge in [-0.3, -0.25) is 0 Å². The molecule has 0 N–H and O–H groups in total. The number of rotatable bonds is 2. The van der Waals surface area contributed by atoms with Gasteiger partial charge in [-0.15, -0.1) is 0 Å². The molecule has 0 saturated carbocycles. The van der Waals surface area contributed by atoms with Crippen LogP contribution in [0.3, 0.4) is 0 Å². The highest BCUT2D eigenvalue weighted by Gasteiger charge is 2.65. The molecular formula is C20H22O7. The first-order valence-electron chi connectivity index (χ1n) is 9.03. The summed E-state index contributed by atoms with van der Waals surface area (Å²) in [6.45, 7) is 9.31. The predicted octanol–water partition coefficient (Wildman–Crippen LogP) is 1.77. The molecule has 1 aliphatic carbocycles. The summed E-state index contributed by atoms with van der Waals surface area (Å²) < 4.78 is 22.4. The van der Waals surface area contributed by atoms with Crippen LogP contribution in [0.2, 0.25) is 0 Å². The van der Waals surface area contributed by atoms with Crippen LogP contribution in [0.4, 0.5) is 0 Å². The van der Waals surface area contributed by atoms with E-state index in [4.69, 9.17) is 18.9 Å². The second-order valence-electron chi connectivity index (χ2n) is 8.01. The molecule has 2 bridgehead atoms. The van der Waals surface area contributed by atoms with Crippen molar-refractivity contribution in [2.24, 2.45) is 5.92 Å². The number of hydrogen-bond acceptors (Lipinski definition) is 7. The molecule has 0 unspecified atom stereocenters. The summed E-state index contributed by atoms with van der Waals surface area (Å²) in [6, 6.07) is 0. The molecule has 0 radical (unpaired) electrons.